The monoisotopic (exact) mass is 326 g/mol. The first-order chi connectivity index (χ1) is 9.09. The van der Waals surface area contributed by atoms with E-state index in [1.54, 1.807) is 0 Å². The van der Waals surface area contributed by atoms with Gasteiger partial charge < -0.3 is 11.1 Å². The first-order valence-corrected chi connectivity index (χ1v) is 8.13. The van der Waals surface area contributed by atoms with Crippen LogP contribution in [0.5, 0.6) is 0 Å². The molecular formula is C16H27BrN2. The largest absolute Gasteiger partial charge is 0.379 e. The molecule has 1 atom stereocenters. The molecule has 0 radical (unpaired) electrons. The highest BCUT2D eigenvalue weighted by molar-refractivity contribution is 9.10. The summed E-state index contributed by atoms with van der Waals surface area (Å²) in [5, 5.41) is 3.58. The summed E-state index contributed by atoms with van der Waals surface area (Å²) < 4.78 is 1.10. The summed E-state index contributed by atoms with van der Waals surface area (Å²) in [7, 11) is 0. The molecule has 0 aliphatic heterocycles. The number of hydrogen-bond acceptors (Lipinski definition) is 2. The van der Waals surface area contributed by atoms with Crippen LogP contribution in [0.3, 0.4) is 0 Å². The van der Waals surface area contributed by atoms with Gasteiger partial charge in [0, 0.05) is 22.2 Å². The predicted octanol–water partition coefficient (Wildman–Crippen LogP) is 4.94. The van der Waals surface area contributed by atoms with E-state index in [1.165, 1.54) is 32.1 Å². The van der Waals surface area contributed by atoms with Crippen LogP contribution in [-0.2, 0) is 0 Å². The van der Waals surface area contributed by atoms with Crippen molar-refractivity contribution in [1.82, 2.24) is 0 Å². The molecule has 0 aliphatic carbocycles. The molecule has 0 saturated heterocycles. The molecule has 3 heteroatoms. The fourth-order valence-corrected chi connectivity index (χ4v) is 2.48. The third-order valence-corrected chi connectivity index (χ3v) is 4.10. The van der Waals surface area contributed by atoms with E-state index >= 15 is 0 Å². The summed E-state index contributed by atoms with van der Waals surface area (Å²) in [6, 6.07) is 8.30. The molecular weight excluding hydrogens is 300 g/mol. The van der Waals surface area contributed by atoms with Gasteiger partial charge in [0.15, 0.2) is 0 Å². The van der Waals surface area contributed by atoms with Crippen molar-refractivity contribution in [1.29, 1.82) is 0 Å². The molecule has 1 rings (SSSR count). The van der Waals surface area contributed by atoms with Gasteiger partial charge >= 0.3 is 0 Å². The summed E-state index contributed by atoms with van der Waals surface area (Å²) in [5.74, 6) is 0. The molecule has 1 aromatic carbocycles. The van der Waals surface area contributed by atoms with Crippen molar-refractivity contribution in [2.75, 3.05) is 11.9 Å². The molecule has 1 aromatic rings. The van der Waals surface area contributed by atoms with Gasteiger partial charge in [-0.3, -0.25) is 0 Å². The SMILES string of the molecule is CCCCCCCC(C)(CN)Nc1ccc(Br)cc1. The number of halogens is 1. The Kier molecular flexibility index (Phi) is 7.47. The summed E-state index contributed by atoms with van der Waals surface area (Å²) in [5.41, 5.74) is 7.10. The lowest BCUT2D eigenvalue weighted by molar-refractivity contribution is 0.449. The second-order valence-electron chi connectivity index (χ2n) is 5.56. The Balaban J connectivity index is 2.43. The highest BCUT2D eigenvalue weighted by atomic mass is 79.9. The molecule has 0 fully saturated rings. The normalized spacial score (nSPS) is 14.1. The second-order valence-corrected chi connectivity index (χ2v) is 6.48. The van der Waals surface area contributed by atoms with Crippen LogP contribution in [0.4, 0.5) is 5.69 Å². The smallest absolute Gasteiger partial charge is 0.0467 e. The summed E-state index contributed by atoms with van der Waals surface area (Å²) in [4.78, 5) is 0. The van der Waals surface area contributed by atoms with Gasteiger partial charge in [-0.15, -0.1) is 0 Å². The number of rotatable bonds is 9. The number of nitrogens with two attached hydrogens (primary N) is 1. The average Bonchev–Trinajstić information content (AvgIpc) is 2.41. The lowest BCUT2D eigenvalue weighted by Gasteiger charge is -2.31. The maximum Gasteiger partial charge on any atom is 0.0467 e. The van der Waals surface area contributed by atoms with E-state index in [0.29, 0.717) is 6.54 Å². The highest BCUT2D eigenvalue weighted by Gasteiger charge is 2.21. The van der Waals surface area contributed by atoms with Crippen molar-refractivity contribution >= 4 is 21.6 Å². The van der Waals surface area contributed by atoms with Gasteiger partial charge in [-0.1, -0.05) is 55.0 Å². The van der Waals surface area contributed by atoms with E-state index in [0.717, 1.165) is 16.6 Å². The summed E-state index contributed by atoms with van der Waals surface area (Å²) in [6.45, 7) is 5.13. The topological polar surface area (TPSA) is 38.0 Å². The number of benzene rings is 1. The zero-order chi connectivity index (χ0) is 14.1. The lowest BCUT2D eigenvalue weighted by Crippen LogP contribution is -2.42. The molecule has 0 aliphatic rings. The van der Waals surface area contributed by atoms with Crippen LogP contribution in [0.15, 0.2) is 28.7 Å². The van der Waals surface area contributed by atoms with Gasteiger partial charge in [0.25, 0.3) is 0 Å². The lowest BCUT2D eigenvalue weighted by atomic mass is 9.93. The predicted molar refractivity (Wildman–Crippen MR) is 88.6 cm³/mol. The Bertz CT molecular complexity index is 350. The van der Waals surface area contributed by atoms with Crippen molar-refractivity contribution in [2.24, 2.45) is 5.73 Å². The first kappa shape index (κ1) is 16.5. The fourth-order valence-electron chi connectivity index (χ4n) is 2.22. The van der Waals surface area contributed by atoms with Crippen molar-refractivity contribution < 1.29 is 0 Å². The molecule has 0 bridgehead atoms. The fraction of sp³-hybridized carbons (Fsp3) is 0.625. The van der Waals surface area contributed by atoms with Crippen molar-refractivity contribution in [3.8, 4) is 0 Å². The highest BCUT2D eigenvalue weighted by Crippen LogP contribution is 2.22. The van der Waals surface area contributed by atoms with Gasteiger partial charge in [-0.05, 0) is 37.6 Å². The van der Waals surface area contributed by atoms with E-state index in [1.807, 2.05) is 0 Å². The number of unbranched alkanes of at least 4 members (excludes halogenated alkanes) is 4. The maximum absolute atomic E-state index is 5.95. The third-order valence-electron chi connectivity index (χ3n) is 3.57. The quantitative estimate of drug-likeness (QED) is 0.631. The van der Waals surface area contributed by atoms with Gasteiger partial charge in [0.05, 0.1) is 0 Å². The molecule has 1 unspecified atom stereocenters. The minimum atomic E-state index is 0.0000438. The van der Waals surface area contributed by atoms with Gasteiger partial charge in [-0.2, -0.15) is 0 Å². The van der Waals surface area contributed by atoms with E-state index in [2.05, 4.69) is 59.4 Å². The molecule has 0 aromatic heterocycles. The van der Waals surface area contributed by atoms with E-state index in [9.17, 15) is 0 Å². The molecule has 19 heavy (non-hydrogen) atoms. The van der Waals surface area contributed by atoms with Crippen molar-refractivity contribution in [2.45, 2.75) is 57.9 Å². The second kappa shape index (κ2) is 8.60. The Hall–Kier alpha value is -0.540. The summed E-state index contributed by atoms with van der Waals surface area (Å²) in [6.07, 6.45) is 7.67. The Morgan fingerprint density at radius 2 is 1.74 bits per heavy atom. The van der Waals surface area contributed by atoms with Crippen LogP contribution in [0.1, 0.15) is 52.4 Å². The van der Waals surface area contributed by atoms with Crippen LogP contribution in [-0.4, -0.2) is 12.1 Å². The molecule has 0 saturated carbocycles. The van der Waals surface area contributed by atoms with Gasteiger partial charge in [0.1, 0.15) is 0 Å². The first-order valence-electron chi connectivity index (χ1n) is 7.33. The molecule has 108 valence electrons. The number of nitrogens with one attached hydrogen (secondary N) is 1. The minimum Gasteiger partial charge on any atom is -0.379 e. The van der Waals surface area contributed by atoms with E-state index < -0.39 is 0 Å². The number of hydrogen-bond donors (Lipinski definition) is 2. The van der Waals surface area contributed by atoms with Crippen LogP contribution < -0.4 is 11.1 Å². The third kappa shape index (κ3) is 6.44. The van der Waals surface area contributed by atoms with E-state index in [4.69, 9.17) is 5.73 Å². The van der Waals surface area contributed by atoms with Crippen molar-refractivity contribution in [3.63, 3.8) is 0 Å². The number of anilines is 1. The van der Waals surface area contributed by atoms with Crippen LogP contribution in [0.2, 0.25) is 0 Å². The Morgan fingerprint density at radius 1 is 1.11 bits per heavy atom. The van der Waals surface area contributed by atoms with Crippen LogP contribution >= 0.6 is 15.9 Å². The summed E-state index contributed by atoms with van der Waals surface area (Å²) >= 11 is 3.46. The van der Waals surface area contributed by atoms with Crippen molar-refractivity contribution in [3.05, 3.63) is 28.7 Å². The molecule has 2 nitrogen and oxygen atoms in total. The maximum atomic E-state index is 5.95. The van der Waals surface area contributed by atoms with Crippen LogP contribution in [0.25, 0.3) is 0 Å². The average molecular weight is 327 g/mol. The van der Waals surface area contributed by atoms with Gasteiger partial charge in [-0.25, -0.2) is 0 Å². The molecule has 3 N–H and O–H groups in total. The zero-order valence-electron chi connectivity index (χ0n) is 12.2. The Morgan fingerprint density at radius 3 is 2.32 bits per heavy atom. The van der Waals surface area contributed by atoms with E-state index in [-0.39, 0.29) is 5.54 Å². The van der Waals surface area contributed by atoms with Gasteiger partial charge in [0.2, 0.25) is 0 Å². The zero-order valence-corrected chi connectivity index (χ0v) is 13.8. The minimum absolute atomic E-state index is 0.0000438. The molecule has 0 spiro atoms. The molecule has 0 amide bonds. The standard InChI is InChI=1S/C16H27BrN2/c1-3-4-5-6-7-12-16(2,13-18)19-15-10-8-14(17)9-11-15/h8-11,19H,3-7,12-13,18H2,1-2H3. The Labute approximate surface area is 126 Å². The molecule has 0 heterocycles. The van der Waals surface area contributed by atoms with Crippen LogP contribution in [0, 0.1) is 0 Å².